The van der Waals surface area contributed by atoms with Crippen molar-refractivity contribution in [1.82, 2.24) is 4.57 Å². The van der Waals surface area contributed by atoms with Gasteiger partial charge in [-0.15, -0.1) is 0 Å². The van der Waals surface area contributed by atoms with Gasteiger partial charge in [0.25, 0.3) is 5.56 Å². The van der Waals surface area contributed by atoms with Crippen LogP contribution in [0.1, 0.15) is 18.1 Å². The van der Waals surface area contributed by atoms with E-state index in [1.807, 2.05) is 12.2 Å². The molecule has 0 bridgehead atoms. The van der Waals surface area contributed by atoms with Gasteiger partial charge in [0.1, 0.15) is 11.6 Å². The van der Waals surface area contributed by atoms with Crippen LogP contribution in [0.5, 0.6) is 11.5 Å². The number of nitrogens with one attached hydrogen (secondary N) is 1. The van der Waals surface area contributed by atoms with Gasteiger partial charge in [-0.2, -0.15) is 0 Å². The second-order valence-corrected chi connectivity index (χ2v) is 9.36. The summed E-state index contributed by atoms with van der Waals surface area (Å²) in [7, 11) is -1.92. The van der Waals surface area contributed by atoms with Gasteiger partial charge >= 0.3 is 0 Å². The number of ether oxygens (including phenoxy) is 1. The summed E-state index contributed by atoms with van der Waals surface area (Å²) in [5.74, 6) is -1.69. The molecule has 0 radical (unpaired) electrons. The lowest BCUT2D eigenvalue weighted by atomic mass is 9.98. The highest BCUT2D eigenvalue weighted by Crippen LogP contribution is 2.39. The average Bonchev–Trinajstić information content (AvgIpc) is 3.24. The van der Waals surface area contributed by atoms with E-state index in [0.29, 0.717) is 40.4 Å². The van der Waals surface area contributed by atoms with Crippen LogP contribution in [-0.4, -0.2) is 18.7 Å². The van der Waals surface area contributed by atoms with Crippen molar-refractivity contribution >= 4 is 21.8 Å². The molecule has 0 aliphatic heterocycles. The number of sulfonamides is 1. The number of allylic oxidation sites excluding steroid dienone is 1. The Morgan fingerprint density at radius 3 is 2.56 bits per heavy atom. The van der Waals surface area contributed by atoms with Crippen molar-refractivity contribution in [3.8, 4) is 22.6 Å². The molecular weight excluding hydrogens is 438 g/mol. The molecule has 3 aromatic rings. The van der Waals surface area contributed by atoms with Crippen molar-refractivity contribution in [2.75, 3.05) is 10.5 Å². The molecule has 0 fully saturated rings. The maximum Gasteiger partial charge on any atom is 0.254 e. The Morgan fingerprint density at radius 2 is 1.84 bits per heavy atom. The maximum atomic E-state index is 14.2. The van der Waals surface area contributed by atoms with E-state index in [9.17, 15) is 22.0 Å². The van der Waals surface area contributed by atoms with Gasteiger partial charge in [-0.05, 0) is 49.2 Å². The highest BCUT2D eigenvalue weighted by molar-refractivity contribution is 7.92. The number of pyridine rings is 1. The van der Waals surface area contributed by atoms with Crippen LogP contribution in [0.4, 0.5) is 14.5 Å². The molecule has 6 nitrogen and oxygen atoms in total. The van der Waals surface area contributed by atoms with Crippen molar-refractivity contribution in [3.63, 3.8) is 0 Å². The van der Waals surface area contributed by atoms with Gasteiger partial charge in [0.15, 0.2) is 11.6 Å². The summed E-state index contributed by atoms with van der Waals surface area (Å²) >= 11 is 0. The lowest BCUT2D eigenvalue weighted by Gasteiger charge is -2.17. The van der Waals surface area contributed by atoms with Crippen molar-refractivity contribution in [2.45, 2.75) is 13.3 Å². The Balaban J connectivity index is 1.90. The Morgan fingerprint density at radius 1 is 1.09 bits per heavy atom. The second kappa shape index (κ2) is 8.23. The molecule has 4 rings (SSSR count). The molecule has 1 heterocycles. The Kier molecular flexibility index (Phi) is 5.60. The van der Waals surface area contributed by atoms with Crippen LogP contribution in [0.3, 0.4) is 0 Å². The highest BCUT2D eigenvalue weighted by atomic mass is 32.2. The fourth-order valence-corrected chi connectivity index (χ4v) is 4.16. The molecule has 1 aliphatic rings. The first kappa shape index (κ1) is 21.8. The maximum absolute atomic E-state index is 14.2. The third-order valence-corrected chi connectivity index (χ3v) is 6.47. The Hall–Kier alpha value is -3.46. The topological polar surface area (TPSA) is 77.4 Å². The van der Waals surface area contributed by atoms with E-state index in [1.165, 1.54) is 29.7 Å². The minimum Gasteiger partial charge on any atom is -0.454 e. The molecule has 9 heteroatoms. The largest absolute Gasteiger partial charge is 0.454 e. The van der Waals surface area contributed by atoms with Crippen molar-refractivity contribution in [1.29, 1.82) is 0 Å². The molecule has 0 amide bonds. The van der Waals surface area contributed by atoms with Crippen LogP contribution in [0.15, 0.2) is 53.5 Å². The third kappa shape index (κ3) is 4.16. The molecular formula is C23H20F2N2O4S. The van der Waals surface area contributed by atoms with Crippen molar-refractivity contribution in [3.05, 3.63) is 81.8 Å². The van der Waals surface area contributed by atoms with Crippen molar-refractivity contribution < 1.29 is 21.9 Å². The number of nitrogens with zero attached hydrogens (tertiary/aromatic N) is 1. The zero-order chi connectivity index (χ0) is 23.0. The number of aryl methyl sites for hydroxylation is 1. The Labute approximate surface area is 183 Å². The van der Waals surface area contributed by atoms with E-state index in [1.54, 1.807) is 19.3 Å². The van der Waals surface area contributed by atoms with E-state index in [0.717, 1.165) is 6.07 Å². The van der Waals surface area contributed by atoms with Gasteiger partial charge in [0.05, 0.1) is 5.75 Å². The van der Waals surface area contributed by atoms with Crippen LogP contribution in [0, 0.1) is 11.6 Å². The molecule has 1 aromatic heterocycles. The lowest BCUT2D eigenvalue weighted by Crippen LogP contribution is -2.21. The van der Waals surface area contributed by atoms with Crippen molar-refractivity contribution in [2.24, 2.45) is 7.05 Å². The quantitative estimate of drug-likeness (QED) is 0.592. The number of fused-ring (bicyclic) bond motifs is 1. The van der Waals surface area contributed by atoms with E-state index in [4.69, 9.17) is 4.74 Å². The standard InChI is InChI=1S/C23H20F2N2O4S/c1-3-32(29,30)26-15-8-10-21(31-22-9-7-14(24)11-20(22)25)18(12-15)19-13-27(2)23(28)17-6-4-5-16(17)19/h4-5,7-13,26H,3,6H2,1-2H3. The number of aromatic nitrogens is 1. The minimum absolute atomic E-state index is 0.112. The van der Waals surface area contributed by atoms with Gasteiger partial charge in [0.2, 0.25) is 10.0 Å². The van der Waals surface area contributed by atoms with Gasteiger partial charge < -0.3 is 9.30 Å². The summed E-state index contributed by atoms with van der Waals surface area (Å²) in [6.45, 7) is 1.52. The first-order valence-corrected chi connectivity index (χ1v) is 11.5. The van der Waals surface area contributed by atoms with Crippen LogP contribution in [0.2, 0.25) is 0 Å². The molecule has 0 atom stereocenters. The first-order chi connectivity index (χ1) is 15.2. The number of rotatable bonds is 6. The molecule has 0 saturated carbocycles. The van der Waals surface area contributed by atoms with Crippen LogP contribution in [0.25, 0.3) is 17.2 Å². The normalized spacial score (nSPS) is 12.6. The number of benzene rings is 2. The van der Waals surface area contributed by atoms with Crippen LogP contribution >= 0.6 is 0 Å². The number of halogens is 2. The summed E-state index contributed by atoms with van der Waals surface area (Å²) < 4.78 is 61.4. The third-order valence-electron chi connectivity index (χ3n) is 5.16. The zero-order valence-electron chi connectivity index (χ0n) is 17.4. The predicted molar refractivity (Wildman–Crippen MR) is 119 cm³/mol. The molecule has 1 aliphatic carbocycles. The molecule has 32 heavy (non-hydrogen) atoms. The van der Waals surface area contributed by atoms with Gasteiger partial charge in [-0.3, -0.25) is 9.52 Å². The molecule has 1 N–H and O–H groups in total. The Bertz CT molecular complexity index is 1410. The summed E-state index contributed by atoms with van der Waals surface area (Å²) in [6.07, 6.45) is 5.77. The predicted octanol–water partition coefficient (Wildman–Crippen LogP) is 4.45. The first-order valence-electron chi connectivity index (χ1n) is 9.85. The van der Waals surface area contributed by atoms with Gasteiger partial charge in [0, 0.05) is 41.7 Å². The monoisotopic (exact) mass is 458 g/mol. The van der Waals surface area contributed by atoms with E-state index in [-0.39, 0.29) is 22.8 Å². The van der Waals surface area contributed by atoms with Crippen LogP contribution in [-0.2, 0) is 23.5 Å². The molecule has 0 unspecified atom stereocenters. The SMILES string of the molecule is CCS(=O)(=O)Nc1ccc(Oc2ccc(F)cc2F)c(-c2cn(C)c(=O)c3c2C=CC3)c1. The smallest absolute Gasteiger partial charge is 0.254 e. The van der Waals surface area contributed by atoms with E-state index in [2.05, 4.69) is 4.72 Å². The summed E-state index contributed by atoms with van der Waals surface area (Å²) in [5, 5.41) is 0. The van der Waals surface area contributed by atoms with E-state index >= 15 is 0 Å². The fourth-order valence-electron chi connectivity index (χ4n) is 3.53. The summed E-state index contributed by atoms with van der Waals surface area (Å²) in [6, 6.07) is 7.52. The molecule has 166 valence electrons. The lowest BCUT2D eigenvalue weighted by molar-refractivity contribution is 0.439. The number of hydrogen-bond acceptors (Lipinski definition) is 4. The highest BCUT2D eigenvalue weighted by Gasteiger charge is 2.21. The minimum atomic E-state index is -3.54. The van der Waals surface area contributed by atoms with E-state index < -0.39 is 21.7 Å². The molecule has 0 saturated heterocycles. The zero-order valence-corrected chi connectivity index (χ0v) is 18.2. The number of hydrogen-bond donors (Lipinski definition) is 1. The van der Waals surface area contributed by atoms with Gasteiger partial charge in [-0.25, -0.2) is 17.2 Å². The average molecular weight is 458 g/mol. The molecule has 0 spiro atoms. The molecule has 2 aromatic carbocycles. The van der Waals surface area contributed by atoms with Crippen LogP contribution < -0.4 is 15.0 Å². The summed E-state index contributed by atoms with van der Waals surface area (Å²) in [5.41, 5.74) is 2.51. The summed E-state index contributed by atoms with van der Waals surface area (Å²) in [4.78, 5) is 12.5. The fraction of sp³-hybridized carbons (Fsp3) is 0.174. The second-order valence-electron chi connectivity index (χ2n) is 7.35. The van der Waals surface area contributed by atoms with Gasteiger partial charge in [-0.1, -0.05) is 12.2 Å². The number of anilines is 1.